The van der Waals surface area contributed by atoms with E-state index in [4.69, 9.17) is 27.8 Å². The quantitative estimate of drug-likeness (QED) is 0.555. The molecule has 0 heterocycles. The summed E-state index contributed by atoms with van der Waals surface area (Å²) in [7, 11) is 0. The van der Waals surface area contributed by atoms with Crippen LogP contribution in [0.3, 0.4) is 0 Å². The summed E-state index contributed by atoms with van der Waals surface area (Å²) in [4.78, 5) is 11.8. The van der Waals surface area contributed by atoms with Crippen molar-refractivity contribution in [3.8, 4) is 0 Å². The molecule has 0 bridgehead atoms. The van der Waals surface area contributed by atoms with Crippen LogP contribution in [0.1, 0.15) is 27.2 Å². The second-order valence-electron chi connectivity index (χ2n) is 6.01. The maximum atomic E-state index is 11.8. The van der Waals surface area contributed by atoms with Gasteiger partial charge in [0.1, 0.15) is 5.60 Å². The lowest BCUT2D eigenvalue weighted by molar-refractivity contribution is -0.155. The summed E-state index contributed by atoms with van der Waals surface area (Å²) in [5.41, 5.74) is 12.3. The molecule has 1 rings (SSSR count). The van der Waals surface area contributed by atoms with Crippen LogP contribution in [0, 0.1) is 5.92 Å². The van der Waals surface area contributed by atoms with Crippen LogP contribution in [0.25, 0.3) is 0 Å². The first-order chi connectivity index (χ1) is 9.71. The van der Waals surface area contributed by atoms with Gasteiger partial charge in [0, 0.05) is 12.2 Å². The number of hydrogen-bond acceptors (Lipinski definition) is 5. The third-order valence-electron chi connectivity index (χ3n) is 2.80. The predicted molar refractivity (Wildman–Crippen MR) is 87.4 cm³/mol. The molecule has 0 aliphatic rings. The molecule has 0 saturated heterocycles. The largest absolute Gasteiger partial charge is 0.460 e. The van der Waals surface area contributed by atoms with Crippen molar-refractivity contribution in [2.75, 3.05) is 24.1 Å². The van der Waals surface area contributed by atoms with Crippen molar-refractivity contribution in [1.82, 2.24) is 0 Å². The molecule has 0 aliphatic carbocycles. The average Bonchev–Trinajstić information content (AvgIpc) is 2.36. The zero-order chi connectivity index (χ0) is 16.0. The van der Waals surface area contributed by atoms with Gasteiger partial charge >= 0.3 is 5.97 Å². The van der Waals surface area contributed by atoms with Crippen LogP contribution in [0.4, 0.5) is 11.4 Å². The fourth-order valence-corrected chi connectivity index (χ4v) is 1.94. The van der Waals surface area contributed by atoms with Crippen LogP contribution in [0.5, 0.6) is 0 Å². The van der Waals surface area contributed by atoms with Crippen LogP contribution in [-0.4, -0.2) is 24.7 Å². The Morgan fingerprint density at radius 1 is 1.43 bits per heavy atom. The molecule has 0 aliphatic heterocycles. The second-order valence-corrected chi connectivity index (χ2v) is 6.42. The van der Waals surface area contributed by atoms with E-state index >= 15 is 0 Å². The monoisotopic (exact) mass is 313 g/mol. The molecule has 0 fully saturated rings. The number of nitrogens with one attached hydrogen (secondary N) is 1. The number of carbonyl (C=O) groups is 1. The summed E-state index contributed by atoms with van der Waals surface area (Å²) in [6.45, 7) is 6.50. The smallest absolute Gasteiger partial charge is 0.306 e. The van der Waals surface area contributed by atoms with Crippen LogP contribution in [0.2, 0.25) is 5.02 Å². The molecule has 1 atom stereocenters. The number of benzene rings is 1. The van der Waals surface area contributed by atoms with Gasteiger partial charge in [-0.3, -0.25) is 4.79 Å². The maximum absolute atomic E-state index is 11.8. The minimum Gasteiger partial charge on any atom is -0.460 e. The molecule has 5 nitrogen and oxygen atoms in total. The van der Waals surface area contributed by atoms with Gasteiger partial charge in [0.15, 0.2) is 0 Å². The van der Waals surface area contributed by atoms with Gasteiger partial charge in [-0.05, 0) is 51.4 Å². The third-order valence-corrected chi connectivity index (χ3v) is 3.13. The number of hydrogen-bond donors (Lipinski definition) is 3. The number of rotatable bonds is 6. The number of esters is 1. The highest BCUT2D eigenvalue weighted by molar-refractivity contribution is 6.33. The molecular formula is C15H24ClN3O2. The van der Waals surface area contributed by atoms with Crippen molar-refractivity contribution in [3.05, 3.63) is 23.2 Å². The molecule has 0 aromatic heterocycles. The zero-order valence-corrected chi connectivity index (χ0v) is 13.5. The maximum Gasteiger partial charge on any atom is 0.306 e. The van der Waals surface area contributed by atoms with Gasteiger partial charge in [-0.1, -0.05) is 11.6 Å². The second kappa shape index (κ2) is 7.52. The molecule has 0 unspecified atom stereocenters. The van der Waals surface area contributed by atoms with Gasteiger partial charge in [0.2, 0.25) is 0 Å². The fourth-order valence-electron chi connectivity index (χ4n) is 1.76. The molecule has 1 aromatic carbocycles. The molecule has 0 amide bonds. The van der Waals surface area contributed by atoms with E-state index in [0.717, 1.165) is 5.69 Å². The average molecular weight is 314 g/mol. The highest BCUT2D eigenvalue weighted by Crippen LogP contribution is 2.23. The Kier molecular flexibility index (Phi) is 6.30. The van der Waals surface area contributed by atoms with E-state index in [1.54, 1.807) is 12.1 Å². The van der Waals surface area contributed by atoms with E-state index in [-0.39, 0.29) is 18.3 Å². The standard InChI is InChI=1S/C15H24ClN3O2/c1-15(2,3)21-14(20)6-10(8-17)9-19-11-4-5-13(18)12(16)7-11/h4-5,7,10,19H,6,8-9,17-18H2,1-3H3/t10-/m0/s1. The third kappa shape index (κ3) is 6.69. The molecule has 0 radical (unpaired) electrons. The molecular weight excluding hydrogens is 290 g/mol. The number of nitrogen functional groups attached to an aromatic ring is 1. The number of anilines is 2. The Bertz CT molecular complexity index is 486. The van der Waals surface area contributed by atoms with Crippen LogP contribution >= 0.6 is 11.6 Å². The molecule has 118 valence electrons. The Labute approximate surface area is 131 Å². The predicted octanol–water partition coefficient (Wildman–Crippen LogP) is 2.64. The molecule has 0 saturated carbocycles. The minimum atomic E-state index is -0.478. The topological polar surface area (TPSA) is 90.4 Å². The summed E-state index contributed by atoms with van der Waals surface area (Å²) in [5, 5.41) is 3.70. The van der Waals surface area contributed by atoms with Crippen molar-refractivity contribution in [2.24, 2.45) is 11.7 Å². The van der Waals surface area contributed by atoms with E-state index in [0.29, 0.717) is 23.8 Å². The van der Waals surface area contributed by atoms with Gasteiger partial charge in [-0.2, -0.15) is 0 Å². The summed E-state index contributed by atoms with van der Waals surface area (Å²) < 4.78 is 5.30. The fraction of sp³-hybridized carbons (Fsp3) is 0.533. The molecule has 5 N–H and O–H groups in total. The molecule has 1 aromatic rings. The van der Waals surface area contributed by atoms with Crippen molar-refractivity contribution >= 4 is 28.9 Å². The Hall–Kier alpha value is -1.46. The van der Waals surface area contributed by atoms with Crippen LogP contribution in [-0.2, 0) is 9.53 Å². The molecule has 21 heavy (non-hydrogen) atoms. The van der Waals surface area contributed by atoms with Gasteiger partial charge in [-0.15, -0.1) is 0 Å². The van der Waals surface area contributed by atoms with Crippen LogP contribution in [0.15, 0.2) is 18.2 Å². The lowest BCUT2D eigenvalue weighted by Gasteiger charge is -2.22. The SMILES string of the molecule is CC(C)(C)OC(=O)C[C@@H](CN)CNc1ccc(N)c(Cl)c1. The first-order valence-corrected chi connectivity index (χ1v) is 7.30. The lowest BCUT2D eigenvalue weighted by Crippen LogP contribution is -2.30. The number of nitrogens with two attached hydrogens (primary N) is 2. The number of carbonyl (C=O) groups excluding carboxylic acids is 1. The molecule has 6 heteroatoms. The highest BCUT2D eigenvalue weighted by atomic mass is 35.5. The van der Waals surface area contributed by atoms with Gasteiger partial charge in [0.25, 0.3) is 0 Å². The number of ether oxygens (including phenoxy) is 1. The van der Waals surface area contributed by atoms with Gasteiger partial charge < -0.3 is 21.5 Å². The zero-order valence-electron chi connectivity index (χ0n) is 12.8. The normalized spacial score (nSPS) is 12.8. The minimum absolute atomic E-state index is 0.00354. The Morgan fingerprint density at radius 3 is 2.62 bits per heavy atom. The summed E-state index contributed by atoms with van der Waals surface area (Å²) >= 11 is 5.96. The highest BCUT2D eigenvalue weighted by Gasteiger charge is 2.19. The van der Waals surface area contributed by atoms with Crippen LogP contribution < -0.4 is 16.8 Å². The van der Waals surface area contributed by atoms with E-state index in [1.165, 1.54) is 0 Å². The molecule has 0 spiro atoms. The van der Waals surface area contributed by atoms with E-state index < -0.39 is 5.60 Å². The summed E-state index contributed by atoms with van der Waals surface area (Å²) in [6.07, 6.45) is 0.281. The Morgan fingerprint density at radius 2 is 2.10 bits per heavy atom. The Balaban J connectivity index is 2.50. The lowest BCUT2D eigenvalue weighted by atomic mass is 10.1. The first-order valence-electron chi connectivity index (χ1n) is 6.92. The van der Waals surface area contributed by atoms with Gasteiger partial charge in [-0.25, -0.2) is 0 Å². The summed E-state index contributed by atoms with van der Waals surface area (Å²) in [5.74, 6) is -0.244. The number of halogens is 1. The van der Waals surface area contributed by atoms with E-state index in [1.807, 2.05) is 26.8 Å². The van der Waals surface area contributed by atoms with Crippen molar-refractivity contribution < 1.29 is 9.53 Å². The van der Waals surface area contributed by atoms with E-state index in [9.17, 15) is 4.79 Å². The van der Waals surface area contributed by atoms with Crippen molar-refractivity contribution in [3.63, 3.8) is 0 Å². The van der Waals surface area contributed by atoms with Gasteiger partial charge in [0.05, 0.1) is 17.1 Å². The van der Waals surface area contributed by atoms with Crippen molar-refractivity contribution in [2.45, 2.75) is 32.8 Å². The van der Waals surface area contributed by atoms with E-state index in [2.05, 4.69) is 5.32 Å². The van der Waals surface area contributed by atoms with Crippen molar-refractivity contribution in [1.29, 1.82) is 0 Å². The first kappa shape index (κ1) is 17.6. The summed E-state index contributed by atoms with van der Waals surface area (Å²) in [6, 6.07) is 5.32.